The van der Waals surface area contributed by atoms with Crippen molar-refractivity contribution >= 4 is 12.4 Å². The average Bonchev–Trinajstić information content (AvgIpc) is 2.33. The van der Waals surface area contributed by atoms with Crippen molar-refractivity contribution in [3.63, 3.8) is 0 Å². The van der Waals surface area contributed by atoms with Gasteiger partial charge in [-0.25, -0.2) is 0 Å². The maximum Gasteiger partial charge on any atom is 2.00 e. The molecule has 0 saturated heterocycles. The quantitative estimate of drug-likeness (QED) is 0.290. The predicted molar refractivity (Wildman–Crippen MR) is 37.1 cm³/mol. The van der Waals surface area contributed by atoms with Crippen LogP contribution in [-0.2, 0) is 17.1 Å². The van der Waals surface area contributed by atoms with E-state index in [1.807, 2.05) is 0 Å². The van der Waals surface area contributed by atoms with Crippen LogP contribution < -0.4 is 206 Å². The smallest absolute Gasteiger partial charge is 0.512 e. The van der Waals surface area contributed by atoms with Crippen molar-refractivity contribution in [3.8, 4) is 0 Å². The summed E-state index contributed by atoms with van der Waals surface area (Å²) in [4.78, 5) is 0. The van der Waals surface area contributed by atoms with Crippen LogP contribution in [0.5, 0.6) is 0 Å². The van der Waals surface area contributed by atoms with E-state index in [1.165, 1.54) is 0 Å². The van der Waals surface area contributed by atoms with E-state index in [0.29, 0.717) is 0 Å². The zero-order valence-corrected chi connectivity index (χ0v) is 24.9. The number of rotatable bonds is 0. The molecule has 0 aromatic heterocycles. The summed E-state index contributed by atoms with van der Waals surface area (Å²) >= 11 is 0. The second-order valence-electron chi connectivity index (χ2n) is 0. The summed E-state index contributed by atoms with van der Waals surface area (Å²) in [6, 6.07) is 0. The maximum atomic E-state index is 6.25. The van der Waals surface area contributed by atoms with Crippen molar-refractivity contribution in [2.75, 3.05) is 0 Å². The fraction of sp³-hybridized carbons (Fsp3) is 0. The normalized spacial score (nSPS) is 0.667. The van der Waals surface area contributed by atoms with Gasteiger partial charge < -0.3 is 71.0 Å². The molecule has 0 N–H and O–H groups in total. The zero-order chi connectivity index (χ0) is 12.0. The Labute approximate surface area is 296 Å². The van der Waals surface area contributed by atoms with Crippen LogP contribution in [0.2, 0.25) is 0 Å². The molecule has 0 fully saturated rings. The summed E-state index contributed by atoms with van der Waals surface area (Å²) < 4.78 is 0. The molecular formula is C6HClFeK4N6. The minimum atomic E-state index is 0. The molecule has 0 bridgehead atoms. The SMILES string of the molecule is Cl.[C-]#N.[C-]#N.[C-]#N.[C-]#N.[C-]#N.[C-]#N.[Fe+2].[K+].[K+].[K+].[K+]. The molecule has 0 aliphatic heterocycles. The number of hydrogen-bond acceptors (Lipinski definition) is 6. The average molecular weight is 405 g/mol. The minimum Gasteiger partial charge on any atom is -0.512 e. The third-order valence-corrected chi connectivity index (χ3v) is 0. The van der Waals surface area contributed by atoms with Crippen molar-refractivity contribution in [1.29, 1.82) is 31.6 Å². The molecule has 0 heterocycles. The van der Waals surface area contributed by atoms with Crippen LogP contribution in [0, 0.1) is 71.0 Å². The van der Waals surface area contributed by atoms with Gasteiger partial charge >= 0.3 is 223 Å². The molecule has 0 aliphatic carbocycles. The van der Waals surface area contributed by atoms with Crippen LogP contribution in [0.3, 0.4) is 0 Å². The van der Waals surface area contributed by atoms with Crippen LogP contribution in [-0.4, -0.2) is 0 Å². The molecule has 12 heteroatoms. The Bertz CT molecular complexity index is 111. The van der Waals surface area contributed by atoms with E-state index in [-0.39, 0.29) is 235 Å². The van der Waals surface area contributed by atoms with Crippen molar-refractivity contribution in [2.24, 2.45) is 0 Å². The van der Waals surface area contributed by atoms with E-state index < -0.39 is 0 Å². The van der Waals surface area contributed by atoms with Gasteiger partial charge in [-0.3, -0.25) is 0 Å². The van der Waals surface area contributed by atoms with Crippen LogP contribution in [0.25, 0.3) is 0 Å². The number of hydrogen-bond donors (Lipinski definition) is 0. The molecule has 0 atom stereocenters. The Morgan fingerprint density at radius 3 is 0.333 bits per heavy atom. The Morgan fingerprint density at radius 1 is 0.333 bits per heavy atom. The fourth-order valence-corrected chi connectivity index (χ4v) is 0. The van der Waals surface area contributed by atoms with Gasteiger partial charge in [-0.15, -0.1) is 12.4 Å². The Kier molecular flexibility index (Phi) is 2520. The molecule has 0 rings (SSSR count). The van der Waals surface area contributed by atoms with Gasteiger partial charge in [-0.1, -0.05) is 0 Å². The van der Waals surface area contributed by atoms with E-state index in [1.54, 1.807) is 0 Å². The van der Waals surface area contributed by atoms with Gasteiger partial charge in [0, 0.05) is 0 Å². The first-order chi connectivity index (χ1) is 6.00. The summed E-state index contributed by atoms with van der Waals surface area (Å²) in [5.41, 5.74) is 0. The van der Waals surface area contributed by atoms with E-state index in [4.69, 9.17) is 71.0 Å². The van der Waals surface area contributed by atoms with Gasteiger partial charge in [0.15, 0.2) is 0 Å². The van der Waals surface area contributed by atoms with Gasteiger partial charge in [-0.05, 0) is 0 Å². The standard InChI is InChI=1S/6CN.ClH.Fe.4K/c6*1-2;;;;;;/h;;;;;;1H;;;;;/q6*-1;;+2;4*+1. The summed E-state index contributed by atoms with van der Waals surface area (Å²) in [5, 5.41) is 37.5. The van der Waals surface area contributed by atoms with E-state index in [0.717, 1.165) is 0 Å². The summed E-state index contributed by atoms with van der Waals surface area (Å²) in [5.74, 6) is 0. The third-order valence-electron chi connectivity index (χ3n) is 0. The molecule has 74 valence electrons. The predicted octanol–water partition coefficient (Wildman–Crippen LogP) is -11.0. The van der Waals surface area contributed by atoms with Gasteiger partial charge in [0.1, 0.15) is 0 Å². The van der Waals surface area contributed by atoms with Crippen molar-refractivity contribution in [1.82, 2.24) is 0 Å². The molecule has 0 spiro atoms. The molecule has 0 aromatic rings. The zero-order valence-electron chi connectivity index (χ0n) is 10.4. The van der Waals surface area contributed by atoms with Gasteiger partial charge in [-0.2, -0.15) is 0 Å². The monoisotopic (exact) mass is 404 g/mol. The summed E-state index contributed by atoms with van der Waals surface area (Å²) in [6.07, 6.45) is 0. The second kappa shape index (κ2) is 475. The van der Waals surface area contributed by atoms with Crippen molar-refractivity contribution in [2.45, 2.75) is 0 Å². The Morgan fingerprint density at radius 2 is 0.333 bits per heavy atom. The van der Waals surface area contributed by atoms with Gasteiger partial charge in [0.25, 0.3) is 0 Å². The van der Waals surface area contributed by atoms with Crippen LogP contribution in [0.4, 0.5) is 0 Å². The van der Waals surface area contributed by atoms with Gasteiger partial charge in [0.2, 0.25) is 0 Å². The third kappa shape index (κ3) is 410. The molecule has 0 radical (unpaired) electrons. The van der Waals surface area contributed by atoms with Crippen LogP contribution in [0.1, 0.15) is 0 Å². The minimum absolute atomic E-state index is 0. The second-order valence-corrected chi connectivity index (χ2v) is 0. The summed E-state index contributed by atoms with van der Waals surface area (Å²) in [7, 11) is 0. The fourth-order valence-electron chi connectivity index (χ4n) is 0. The molecule has 6 nitrogen and oxygen atoms in total. The molecule has 0 amide bonds. The molecule has 0 unspecified atom stereocenters. The number of nitrogens with zero attached hydrogens (tertiary/aromatic N) is 6. The van der Waals surface area contributed by atoms with E-state index in [9.17, 15) is 0 Å². The first-order valence-electron chi connectivity index (χ1n) is 1.34. The van der Waals surface area contributed by atoms with Crippen molar-refractivity contribution < 1.29 is 223 Å². The first kappa shape index (κ1) is 95.4. The van der Waals surface area contributed by atoms with Crippen LogP contribution in [0.15, 0.2) is 0 Å². The van der Waals surface area contributed by atoms with E-state index >= 15 is 0 Å². The largest absolute Gasteiger partial charge is 2.00 e. The Balaban J connectivity index is -0.00000000225. The van der Waals surface area contributed by atoms with E-state index in [2.05, 4.69) is 0 Å². The first-order valence-corrected chi connectivity index (χ1v) is 1.34. The van der Waals surface area contributed by atoms with Crippen LogP contribution >= 0.6 is 12.4 Å². The maximum absolute atomic E-state index is 6.25. The number of halogens is 1. The Hall–Kier alpha value is 4.29. The van der Waals surface area contributed by atoms with Gasteiger partial charge in [0.05, 0.1) is 0 Å². The summed E-state index contributed by atoms with van der Waals surface area (Å²) in [6.45, 7) is 28.5. The molecule has 18 heavy (non-hydrogen) atoms. The molecule has 0 saturated carbocycles. The topological polar surface area (TPSA) is 143 Å². The van der Waals surface area contributed by atoms with Crippen molar-refractivity contribution in [3.05, 3.63) is 39.4 Å². The molecule has 0 aliphatic rings. The molecule has 0 aromatic carbocycles. The molecular weight excluding hydrogens is 404 g/mol.